The van der Waals surface area contributed by atoms with Gasteiger partial charge in [0.2, 0.25) is 5.91 Å². The third-order valence-corrected chi connectivity index (χ3v) is 5.85. The van der Waals surface area contributed by atoms with E-state index < -0.39 is 53.6 Å². The second kappa shape index (κ2) is 11.7. The van der Waals surface area contributed by atoms with E-state index in [0.29, 0.717) is 16.8 Å². The van der Waals surface area contributed by atoms with Gasteiger partial charge in [-0.25, -0.2) is 4.79 Å². The van der Waals surface area contributed by atoms with Crippen LogP contribution in [0.1, 0.15) is 69.5 Å². The van der Waals surface area contributed by atoms with Crippen molar-refractivity contribution in [1.29, 1.82) is 0 Å². The highest BCUT2D eigenvalue weighted by Gasteiger charge is 2.37. The molecule has 0 bridgehead atoms. The van der Waals surface area contributed by atoms with Crippen LogP contribution in [0, 0.1) is 0 Å². The second-order valence-electron chi connectivity index (χ2n) is 12.1. The number of nitrogens with one attached hydrogen (secondary N) is 2. The number of nitrogens with zero attached hydrogens (tertiary/aromatic N) is 5. The maximum Gasteiger partial charge on any atom is 0.435 e. The van der Waals surface area contributed by atoms with Gasteiger partial charge in [0.25, 0.3) is 0 Å². The van der Waals surface area contributed by atoms with E-state index in [1.165, 1.54) is 44.6 Å². The topological polar surface area (TPSA) is 136 Å². The fourth-order valence-corrected chi connectivity index (χ4v) is 4.01. The summed E-state index contributed by atoms with van der Waals surface area (Å²) in [5.41, 5.74) is -3.52. The van der Waals surface area contributed by atoms with Gasteiger partial charge in [0.05, 0.1) is 29.7 Å². The number of alkyl carbamates (subject to hydrolysis) is 1. The first kappa shape index (κ1) is 28.2. The molecule has 0 saturated heterocycles. The molecule has 3 N–H and O–H groups in total. The first-order chi connectivity index (χ1) is 20.3. The number of halogens is 3. The number of carbonyl (C=O) groups excluding carboxylic acids is 2. The molecule has 42 heavy (non-hydrogen) atoms. The average molecular weight is 597 g/mol. The predicted molar refractivity (Wildman–Crippen MR) is 148 cm³/mol. The molecule has 0 aromatic carbocycles. The van der Waals surface area contributed by atoms with Gasteiger partial charge >= 0.3 is 12.3 Å². The van der Waals surface area contributed by atoms with E-state index in [1.54, 1.807) is 34.6 Å². The predicted octanol–water partition coefficient (Wildman–Crippen LogP) is 3.96. The zero-order chi connectivity index (χ0) is 34.2. The van der Waals surface area contributed by atoms with E-state index in [1.807, 2.05) is 0 Å². The highest BCUT2D eigenvalue weighted by atomic mass is 19.4. The maximum atomic E-state index is 13.7. The molecule has 0 unspecified atom stereocenters. The summed E-state index contributed by atoms with van der Waals surface area (Å²) in [6.45, 7) is 8.30. The lowest BCUT2D eigenvalue weighted by Crippen LogP contribution is -2.55. The van der Waals surface area contributed by atoms with Gasteiger partial charge in [-0.15, -0.1) is 0 Å². The summed E-state index contributed by atoms with van der Waals surface area (Å²) in [4.78, 5) is 30.3. The Hall–Kier alpha value is -3.94. The number of amides is 2. The molecule has 0 radical (unpaired) electrons. The van der Waals surface area contributed by atoms with Crippen LogP contribution in [0.3, 0.4) is 0 Å². The number of aryl methyl sites for hydroxylation is 1. The van der Waals surface area contributed by atoms with Crippen LogP contribution in [0.5, 0.6) is 0 Å². The molecule has 230 valence electrons. The number of aliphatic hydroxyl groups is 1. The van der Waals surface area contributed by atoms with Gasteiger partial charge < -0.3 is 20.5 Å². The quantitative estimate of drug-likeness (QED) is 0.340. The number of carbonyl (C=O) groups is 2. The van der Waals surface area contributed by atoms with E-state index in [9.17, 15) is 27.9 Å². The van der Waals surface area contributed by atoms with Gasteiger partial charge in [-0.1, -0.05) is 0 Å². The van der Waals surface area contributed by atoms with E-state index in [0.717, 1.165) is 15.4 Å². The molecular formula is C28H38F3N7O4. The molecule has 2 amide bonds. The van der Waals surface area contributed by atoms with Crippen LogP contribution < -0.4 is 10.6 Å². The van der Waals surface area contributed by atoms with E-state index in [4.69, 9.17) is 8.85 Å². The van der Waals surface area contributed by atoms with Crippen LogP contribution >= 0.6 is 0 Å². The molecular weight excluding hydrogens is 555 g/mol. The minimum absolute atomic E-state index is 0.0694. The Labute approximate surface area is 246 Å². The zero-order valence-corrected chi connectivity index (χ0v) is 24.5. The molecule has 14 heteroatoms. The number of ether oxygens (including phenoxy) is 1. The van der Waals surface area contributed by atoms with Crippen molar-refractivity contribution in [1.82, 2.24) is 35.2 Å². The monoisotopic (exact) mass is 596 g/mol. The standard InChI is InChI=1S/C28H38F3N7O4/c1-25(2,3)42-24(40)34-19(11-17-13-33-37(8)15-17)23(39)35-26(4,5)16-38-20(12-22(36-38)28(29,30)31)18-9-10-21(32-14-18)27(6,7)41/h9-10,12-15,19,41H,11,16H2,1-8H3,(H,34,40)(H,35,39)/t19-/m1/s1/i8D3. The Morgan fingerprint density at radius 3 is 2.31 bits per heavy atom. The summed E-state index contributed by atoms with van der Waals surface area (Å²) < 4.78 is 70.8. The van der Waals surface area contributed by atoms with Crippen LogP contribution in [-0.4, -0.2) is 58.8 Å². The molecule has 3 aromatic heterocycles. The van der Waals surface area contributed by atoms with Crippen molar-refractivity contribution in [2.45, 2.75) is 90.4 Å². The van der Waals surface area contributed by atoms with Crippen molar-refractivity contribution in [3.8, 4) is 11.3 Å². The molecule has 3 aromatic rings. The second-order valence-corrected chi connectivity index (χ2v) is 12.1. The number of hydrogen-bond donors (Lipinski definition) is 3. The number of alkyl halides is 3. The van der Waals surface area contributed by atoms with Crippen molar-refractivity contribution >= 4 is 12.0 Å². The van der Waals surface area contributed by atoms with Crippen molar-refractivity contribution < 1.29 is 36.7 Å². The third-order valence-electron chi connectivity index (χ3n) is 5.85. The minimum atomic E-state index is -4.75. The normalized spacial score (nSPS) is 14.9. The minimum Gasteiger partial charge on any atom is -0.444 e. The largest absolute Gasteiger partial charge is 0.444 e. The Bertz CT molecular complexity index is 1500. The molecule has 0 aliphatic carbocycles. The van der Waals surface area contributed by atoms with Crippen molar-refractivity contribution in [3.63, 3.8) is 0 Å². The summed E-state index contributed by atoms with van der Waals surface area (Å²) in [6, 6.07) is 2.61. The third kappa shape index (κ3) is 9.03. The van der Waals surface area contributed by atoms with Gasteiger partial charge in [0.15, 0.2) is 5.69 Å². The van der Waals surface area contributed by atoms with Crippen LogP contribution in [0.25, 0.3) is 11.3 Å². The lowest BCUT2D eigenvalue weighted by molar-refractivity contribution is -0.141. The molecule has 3 heterocycles. The summed E-state index contributed by atoms with van der Waals surface area (Å²) in [6.07, 6.45) is -2.03. The summed E-state index contributed by atoms with van der Waals surface area (Å²) in [5.74, 6) is -0.714. The molecule has 0 spiro atoms. The Morgan fingerprint density at radius 2 is 1.79 bits per heavy atom. The molecule has 3 rings (SSSR count). The summed E-state index contributed by atoms with van der Waals surface area (Å²) >= 11 is 0. The zero-order valence-electron chi connectivity index (χ0n) is 27.5. The molecule has 1 atom stereocenters. The number of aromatic nitrogens is 5. The first-order valence-electron chi connectivity index (χ1n) is 14.5. The Kier molecular flexibility index (Phi) is 7.88. The fourth-order valence-electron chi connectivity index (χ4n) is 4.01. The smallest absolute Gasteiger partial charge is 0.435 e. The van der Waals surface area contributed by atoms with Gasteiger partial charge in [-0.2, -0.15) is 23.4 Å². The van der Waals surface area contributed by atoms with Crippen LogP contribution in [-0.2, 0) is 41.3 Å². The van der Waals surface area contributed by atoms with E-state index in [2.05, 4.69) is 25.8 Å². The van der Waals surface area contributed by atoms with Gasteiger partial charge in [-0.3, -0.25) is 19.1 Å². The Morgan fingerprint density at radius 1 is 1.10 bits per heavy atom. The van der Waals surface area contributed by atoms with Crippen molar-refractivity contribution in [2.75, 3.05) is 0 Å². The van der Waals surface area contributed by atoms with Crippen molar-refractivity contribution in [2.24, 2.45) is 6.98 Å². The maximum absolute atomic E-state index is 13.7. The van der Waals surface area contributed by atoms with Gasteiger partial charge in [0.1, 0.15) is 17.2 Å². The van der Waals surface area contributed by atoms with Gasteiger partial charge in [0, 0.05) is 35.5 Å². The summed E-state index contributed by atoms with van der Waals surface area (Å²) in [5, 5.41) is 23.0. The van der Waals surface area contributed by atoms with Gasteiger partial charge in [-0.05, 0) is 72.2 Å². The van der Waals surface area contributed by atoms with E-state index in [-0.39, 0.29) is 18.7 Å². The molecule has 0 fully saturated rings. The van der Waals surface area contributed by atoms with Crippen LogP contribution in [0.4, 0.5) is 18.0 Å². The van der Waals surface area contributed by atoms with Crippen LogP contribution in [0.15, 0.2) is 36.8 Å². The van der Waals surface area contributed by atoms with Crippen LogP contribution in [0.2, 0.25) is 0 Å². The number of pyridine rings is 1. The number of rotatable bonds is 9. The van der Waals surface area contributed by atoms with Crippen molar-refractivity contribution in [3.05, 3.63) is 53.7 Å². The summed E-state index contributed by atoms with van der Waals surface area (Å²) in [7, 11) is 0. The molecule has 11 nitrogen and oxygen atoms in total. The highest BCUT2D eigenvalue weighted by Crippen LogP contribution is 2.32. The number of hydrogen-bond acceptors (Lipinski definition) is 7. The highest BCUT2D eigenvalue weighted by molar-refractivity contribution is 5.86. The van der Waals surface area contributed by atoms with E-state index >= 15 is 0 Å². The first-order valence-corrected chi connectivity index (χ1v) is 13.0. The SMILES string of the molecule is [2H]C([2H])([2H])n1cc(C[C@@H](NC(=O)OC(C)(C)C)C(=O)NC(C)(C)Cn2nc(C(F)(F)F)cc2-c2ccc(C(C)(C)O)nc2)cn1. The molecule has 0 aliphatic rings. The lowest BCUT2D eigenvalue weighted by Gasteiger charge is -2.30. The molecule has 0 aliphatic heterocycles. The molecule has 0 saturated carbocycles. The fraction of sp³-hybridized carbons (Fsp3) is 0.536. The lowest BCUT2D eigenvalue weighted by atomic mass is 10.0. The average Bonchev–Trinajstić information content (AvgIpc) is 3.49. The Balaban J connectivity index is 1.90.